The molecule has 2 rings (SSSR count). The van der Waals surface area contributed by atoms with Crippen molar-refractivity contribution in [2.75, 3.05) is 6.54 Å². The van der Waals surface area contributed by atoms with Crippen LogP contribution in [0.1, 0.15) is 30.9 Å². The first-order chi connectivity index (χ1) is 7.83. The highest BCUT2D eigenvalue weighted by Crippen LogP contribution is 2.30. The third-order valence-electron chi connectivity index (χ3n) is 3.03. The Bertz CT molecular complexity index is 375. The molecule has 0 bridgehead atoms. The molecule has 1 atom stereocenters. The third kappa shape index (κ3) is 2.13. The molecular weight excluding hydrogens is 200 g/mol. The Morgan fingerprint density at radius 1 is 1.56 bits per heavy atom. The van der Waals surface area contributed by atoms with Gasteiger partial charge in [0.15, 0.2) is 0 Å². The minimum Gasteiger partial charge on any atom is -0.332 e. The molecular formula is C13H16N2O. The number of hydrogen-bond acceptors (Lipinski definition) is 2. The Labute approximate surface area is 95.8 Å². The van der Waals surface area contributed by atoms with Crippen molar-refractivity contribution in [1.29, 1.82) is 0 Å². The number of rotatable bonds is 2. The Morgan fingerprint density at radius 2 is 2.44 bits per heavy atom. The van der Waals surface area contributed by atoms with Crippen molar-refractivity contribution >= 4 is 5.91 Å². The number of carbonyl (C=O) groups is 1. The first-order valence-electron chi connectivity index (χ1n) is 5.66. The van der Waals surface area contributed by atoms with Gasteiger partial charge in [-0.2, -0.15) is 0 Å². The maximum absolute atomic E-state index is 11.7. The van der Waals surface area contributed by atoms with E-state index >= 15 is 0 Å². The topological polar surface area (TPSA) is 33.2 Å². The van der Waals surface area contributed by atoms with Crippen LogP contribution in [0.25, 0.3) is 0 Å². The molecule has 0 N–H and O–H groups in total. The van der Waals surface area contributed by atoms with Crippen molar-refractivity contribution in [3.8, 4) is 0 Å². The van der Waals surface area contributed by atoms with Crippen LogP contribution in [0.4, 0.5) is 0 Å². The summed E-state index contributed by atoms with van der Waals surface area (Å²) < 4.78 is 0. The molecule has 1 aromatic heterocycles. The van der Waals surface area contributed by atoms with Crippen molar-refractivity contribution in [2.45, 2.75) is 25.3 Å². The second kappa shape index (κ2) is 4.92. The number of amides is 1. The van der Waals surface area contributed by atoms with Crippen LogP contribution in [0.5, 0.6) is 0 Å². The number of pyridine rings is 1. The Kier molecular flexibility index (Phi) is 3.34. The van der Waals surface area contributed by atoms with Gasteiger partial charge in [0.05, 0.1) is 6.04 Å². The van der Waals surface area contributed by atoms with E-state index in [0.29, 0.717) is 0 Å². The maximum atomic E-state index is 11.7. The van der Waals surface area contributed by atoms with Gasteiger partial charge in [-0.1, -0.05) is 12.6 Å². The van der Waals surface area contributed by atoms with E-state index in [2.05, 4.69) is 11.6 Å². The summed E-state index contributed by atoms with van der Waals surface area (Å²) in [6.45, 7) is 4.38. The summed E-state index contributed by atoms with van der Waals surface area (Å²) in [6.07, 6.45) is 8.27. The predicted octanol–water partition coefficient (Wildman–Crippen LogP) is 2.32. The fourth-order valence-electron chi connectivity index (χ4n) is 2.23. The SMILES string of the molecule is C=CC(=O)N1CCCCC1c1cccnc1. The summed E-state index contributed by atoms with van der Waals surface area (Å²) >= 11 is 0. The highest BCUT2D eigenvalue weighted by atomic mass is 16.2. The van der Waals surface area contributed by atoms with E-state index in [9.17, 15) is 4.79 Å². The first kappa shape index (κ1) is 10.9. The average Bonchev–Trinajstić information content (AvgIpc) is 2.39. The van der Waals surface area contributed by atoms with Gasteiger partial charge in [0, 0.05) is 18.9 Å². The van der Waals surface area contributed by atoms with Crippen molar-refractivity contribution in [1.82, 2.24) is 9.88 Å². The zero-order chi connectivity index (χ0) is 11.4. The molecule has 0 aliphatic carbocycles. The highest BCUT2D eigenvalue weighted by molar-refractivity contribution is 5.87. The monoisotopic (exact) mass is 216 g/mol. The van der Waals surface area contributed by atoms with Crippen molar-refractivity contribution < 1.29 is 4.79 Å². The number of carbonyl (C=O) groups excluding carboxylic acids is 1. The molecule has 3 nitrogen and oxygen atoms in total. The lowest BCUT2D eigenvalue weighted by molar-refractivity contribution is -0.129. The summed E-state index contributed by atoms with van der Waals surface area (Å²) in [5, 5.41) is 0. The van der Waals surface area contributed by atoms with Gasteiger partial charge in [0.2, 0.25) is 5.91 Å². The van der Waals surface area contributed by atoms with E-state index in [1.807, 2.05) is 23.2 Å². The number of hydrogen-bond donors (Lipinski definition) is 0. The second-order valence-electron chi connectivity index (χ2n) is 4.03. The molecule has 0 spiro atoms. The van der Waals surface area contributed by atoms with Gasteiger partial charge < -0.3 is 4.90 Å². The average molecular weight is 216 g/mol. The molecule has 0 aromatic carbocycles. The van der Waals surface area contributed by atoms with E-state index < -0.39 is 0 Å². The molecule has 1 aromatic rings. The van der Waals surface area contributed by atoms with Crippen molar-refractivity contribution in [3.63, 3.8) is 0 Å². The van der Waals surface area contributed by atoms with Gasteiger partial charge in [0.25, 0.3) is 0 Å². The molecule has 2 heterocycles. The first-order valence-corrected chi connectivity index (χ1v) is 5.66. The van der Waals surface area contributed by atoms with Crippen LogP contribution in [0.2, 0.25) is 0 Å². The van der Waals surface area contributed by atoms with E-state index in [4.69, 9.17) is 0 Å². The van der Waals surface area contributed by atoms with Crippen LogP contribution in [0, 0.1) is 0 Å². The van der Waals surface area contributed by atoms with Gasteiger partial charge in [-0.05, 0) is 37.0 Å². The smallest absolute Gasteiger partial charge is 0.246 e. The van der Waals surface area contributed by atoms with Crippen molar-refractivity contribution in [2.24, 2.45) is 0 Å². The maximum Gasteiger partial charge on any atom is 0.246 e. The number of nitrogens with zero attached hydrogens (tertiary/aromatic N) is 2. The van der Waals surface area contributed by atoms with Crippen LogP contribution in [-0.4, -0.2) is 22.3 Å². The summed E-state index contributed by atoms with van der Waals surface area (Å²) in [4.78, 5) is 17.8. The molecule has 1 unspecified atom stereocenters. The lowest BCUT2D eigenvalue weighted by atomic mass is 9.96. The molecule has 1 amide bonds. The molecule has 0 radical (unpaired) electrons. The largest absolute Gasteiger partial charge is 0.332 e. The van der Waals surface area contributed by atoms with E-state index in [-0.39, 0.29) is 11.9 Å². The van der Waals surface area contributed by atoms with Gasteiger partial charge >= 0.3 is 0 Å². The summed E-state index contributed by atoms with van der Waals surface area (Å²) in [5.74, 6) is 0.0218. The van der Waals surface area contributed by atoms with Gasteiger partial charge in [-0.3, -0.25) is 9.78 Å². The van der Waals surface area contributed by atoms with Gasteiger partial charge in [-0.15, -0.1) is 0 Å². The molecule has 84 valence electrons. The number of aromatic nitrogens is 1. The Balaban J connectivity index is 2.23. The van der Waals surface area contributed by atoms with Crippen LogP contribution in [-0.2, 0) is 4.79 Å². The molecule has 16 heavy (non-hydrogen) atoms. The zero-order valence-electron chi connectivity index (χ0n) is 9.30. The quantitative estimate of drug-likeness (QED) is 0.711. The standard InChI is InChI=1S/C13H16N2O/c1-2-13(16)15-9-4-3-7-12(15)11-6-5-8-14-10-11/h2,5-6,8,10,12H,1,3-4,7,9H2. The van der Waals surface area contributed by atoms with Crippen molar-refractivity contribution in [3.05, 3.63) is 42.7 Å². The van der Waals surface area contributed by atoms with Crippen LogP contribution in [0.3, 0.4) is 0 Å². The summed E-state index contributed by atoms with van der Waals surface area (Å²) in [6, 6.07) is 4.13. The fourth-order valence-corrected chi connectivity index (χ4v) is 2.23. The van der Waals surface area contributed by atoms with Crippen LogP contribution >= 0.6 is 0 Å². The zero-order valence-corrected chi connectivity index (χ0v) is 9.30. The summed E-state index contributed by atoms with van der Waals surface area (Å²) in [5.41, 5.74) is 1.12. The minimum atomic E-state index is 0.0218. The molecule has 1 fully saturated rings. The lowest BCUT2D eigenvalue weighted by Gasteiger charge is -2.35. The number of likely N-dealkylation sites (tertiary alicyclic amines) is 1. The molecule has 1 saturated heterocycles. The predicted molar refractivity (Wildman–Crippen MR) is 62.7 cm³/mol. The number of piperidine rings is 1. The fraction of sp³-hybridized carbons (Fsp3) is 0.385. The normalized spacial score (nSPS) is 20.5. The lowest BCUT2D eigenvalue weighted by Crippen LogP contribution is -2.37. The minimum absolute atomic E-state index is 0.0218. The van der Waals surface area contributed by atoms with E-state index in [1.165, 1.54) is 12.5 Å². The van der Waals surface area contributed by atoms with Gasteiger partial charge in [-0.25, -0.2) is 0 Å². The van der Waals surface area contributed by atoms with Gasteiger partial charge in [0.1, 0.15) is 0 Å². The molecule has 1 aliphatic rings. The van der Waals surface area contributed by atoms with E-state index in [0.717, 1.165) is 24.9 Å². The Morgan fingerprint density at radius 3 is 3.12 bits per heavy atom. The van der Waals surface area contributed by atoms with Crippen LogP contribution < -0.4 is 0 Å². The molecule has 0 saturated carbocycles. The van der Waals surface area contributed by atoms with Crippen LogP contribution in [0.15, 0.2) is 37.2 Å². The molecule has 3 heteroatoms. The highest BCUT2D eigenvalue weighted by Gasteiger charge is 2.26. The third-order valence-corrected chi connectivity index (χ3v) is 3.03. The second-order valence-corrected chi connectivity index (χ2v) is 4.03. The van der Waals surface area contributed by atoms with E-state index in [1.54, 1.807) is 6.20 Å². The Hall–Kier alpha value is -1.64. The molecule has 1 aliphatic heterocycles. The summed E-state index contributed by atoms with van der Waals surface area (Å²) in [7, 11) is 0.